The van der Waals surface area contributed by atoms with Gasteiger partial charge in [0, 0.05) is 16.5 Å². The number of hydrogen-bond donors (Lipinski definition) is 1. The second kappa shape index (κ2) is 8.30. The number of benzene rings is 2. The molecule has 1 N–H and O–H groups in total. The van der Waals surface area contributed by atoms with E-state index in [1.54, 1.807) is 24.3 Å². The Morgan fingerprint density at radius 2 is 2.00 bits per heavy atom. The summed E-state index contributed by atoms with van der Waals surface area (Å²) in [7, 11) is 0. The third kappa shape index (κ3) is 3.99. The average Bonchev–Trinajstić information content (AvgIpc) is 3.18. The summed E-state index contributed by atoms with van der Waals surface area (Å²) in [6.45, 7) is 1.55. The minimum atomic E-state index is -1.08. The maximum atomic E-state index is 13.1. The van der Waals surface area contributed by atoms with Gasteiger partial charge in [0.25, 0.3) is 5.56 Å². The highest BCUT2D eigenvalue weighted by Crippen LogP contribution is 2.30. The van der Waals surface area contributed by atoms with Gasteiger partial charge < -0.3 is 9.84 Å². The Labute approximate surface area is 175 Å². The first-order valence-electron chi connectivity index (χ1n) is 9.07. The van der Waals surface area contributed by atoms with Crippen molar-refractivity contribution in [2.75, 3.05) is 6.61 Å². The molecule has 0 saturated heterocycles. The van der Waals surface area contributed by atoms with Crippen LogP contribution in [0.15, 0.2) is 70.1 Å². The van der Waals surface area contributed by atoms with Gasteiger partial charge in [0.05, 0.1) is 11.6 Å². The minimum Gasteiger partial charge on any atom is -0.481 e. The molecule has 0 amide bonds. The first-order valence-corrected chi connectivity index (χ1v) is 9.95. The Morgan fingerprint density at radius 3 is 2.77 bits per heavy atom. The quantitative estimate of drug-likeness (QED) is 0.480. The largest absolute Gasteiger partial charge is 0.481 e. The predicted octanol–water partition coefficient (Wildman–Crippen LogP) is 3.78. The number of hydrogen-bond acceptors (Lipinski definition) is 6. The lowest BCUT2D eigenvalue weighted by Gasteiger charge is -2.06. The van der Waals surface area contributed by atoms with Crippen molar-refractivity contribution < 1.29 is 14.6 Å². The highest BCUT2D eigenvalue weighted by molar-refractivity contribution is 7.17. The number of carbonyl (C=O) groups is 1. The summed E-state index contributed by atoms with van der Waals surface area (Å²) in [6.07, 6.45) is 2.82. The highest BCUT2D eigenvalue weighted by atomic mass is 32.1. The molecule has 0 aliphatic heterocycles. The number of aromatic nitrogens is 2. The third-order valence-corrected chi connectivity index (χ3v) is 5.32. The zero-order valence-electron chi connectivity index (χ0n) is 16.0. The number of aryl methyl sites for hydroxylation is 1. The zero-order chi connectivity index (χ0) is 21.1. The Kier molecular flexibility index (Phi) is 5.40. The van der Waals surface area contributed by atoms with Crippen LogP contribution in [0.4, 0.5) is 0 Å². The van der Waals surface area contributed by atoms with Gasteiger partial charge in [-0.1, -0.05) is 42.0 Å². The van der Waals surface area contributed by atoms with E-state index in [4.69, 9.17) is 9.84 Å². The third-order valence-electron chi connectivity index (χ3n) is 4.43. The maximum Gasteiger partial charge on any atom is 0.341 e. The molecule has 0 unspecified atom stereocenters. The van der Waals surface area contributed by atoms with Crippen LogP contribution >= 0.6 is 11.3 Å². The van der Waals surface area contributed by atoms with Crippen LogP contribution in [0.5, 0.6) is 5.75 Å². The van der Waals surface area contributed by atoms with Gasteiger partial charge in [-0.05, 0) is 24.6 Å². The Balaban J connectivity index is 1.72. The molecule has 0 spiro atoms. The predicted molar refractivity (Wildman–Crippen MR) is 117 cm³/mol. The molecule has 8 heteroatoms. The van der Waals surface area contributed by atoms with Gasteiger partial charge in [-0.25, -0.2) is 9.78 Å². The fourth-order valence-corrected chi connectivity index (χ4v) is 3.84. The van der Waals surface area contributed by atoms with Gasteiger partial charge in [0.2, 0.25) is 0 Å². The van der Waals surface area contributed by atoms with Crippen LogP contribution in [0, 0.1) is 6.92 Å². The van der Waals surface area contributed by atoms with E-state index in [-0.39, 0.29) is 5.56 Å². The summed E-state index contributed by atoms with van der Waals surface area (Å²) >= 11 is 1.41. The molecule has 0 aliphatic rings. The summed E-state index contributed by atoms with van der Waals surface area (Å²) in [5, 5.41) is 15.5. The molecule has 150 valence electrons. The van der Waals surface area contributed by atoms with Crippen molar-refractivity contribution in [3.8, 4) is 16.9 Å². The van der Waals surface area contributed by atoms with E-state index in [1.807, 2.05) is 36.6 Å². The van der Waals surface area contributed by atoms with Crippen molar-refractivity contribution in [1.29, 1.82) is 0 Å². The van der Waals surface area contributed by atoms with E-state index in [0.29, 0.717) is 21.5 Å². The summed E-state index contributed by atoms with van der Waals surface area (Å²) in [5.74, 6) is -0.713. The number of ether oxygens (including phenoxy) is 1. The molecule has 0 aliphatic carbocycles. The smallest absolute Gasteiger partial charge is 0.341 e. The second-order valence-electron chi connectivity index (χ2n) is 6.55. The molecule has 2 heterocycles. The fraction of sp³-hybridized carbons (Fsp3) is 0.0909. The van der Waals surface area contributed by atoms with Crippen molar-refractivity contribution in [1.82, 2.24) is 9.66 Å². The number of aliphatic carboxylic acids is 1. The molecule has 0 fully saturated rings. The van der Waals surface area contributed by atoms with Crippen LogP contribution in [0.25, 0.3) is 21.3 Å². The molecule has 4 aromatic rings. The monoisotopic (exact) mass is 419 g/mol. The SMILES string of the molecule is Cc1ccc(-c2csc3ncn(N=Cc4ccccc4OCC(=O)O)c(=O)c23)cc1. The summed E-state index contributed by atoms with van der Waals surface area (Å²) in [6, 6.07) is 14.8. The number of thiophene rings is 1. The average molecular weight is 419 g/mol. The van der Waals surface area contributed by atoms with Crippen LogP contribution in [0.3, 0.4) is 0 Å². The van der Waals surface area contributed by atoms with Crippen LogP contribution < -0.4 is 10.3 Å². The lowest BCUT2D eigenvalue weighted by Crippen LogP contribution is -2.17. The number of carboxylic acids is 1. The first-order chi connectivity index (χ1) is 14.5. The number of nitrogens with zero attached hydrogens (tertiary/aromatic N) is 3. The first kappa shape index (κ1) is 19.5. The molecule has 7 nitrogen and oxygen atoms in total. The van der Waals surface area contributed by atoms with Gasteiger partial charge >= 0.3 is 5.97 Å². The van der Waals surface area contributed by atoms with E-state index >= 15 is 0 Å². The molecule has 0 atom stereocenters. The topological polar surface area (TPSA) is 93.8 Å². The molecule has 2 aromatic heterocycles. The van der Waals surface area contributed by atoms with Crippen molar-refractivity contribution in [3.05, 3.63) is 81.7 Å². The summed E-state index contributed by atoms with van der Waals surface area (Å²) in [4.78, 5) is 28.8. The van der Waals surface area contributed by atoms with Gasteiger partial charge in [0.15, 0.2) is 6.61 Å². The fourth-order valence-electron chi connectivity index (χ4n) is 2.93. The standard InChI is InChI=1S/C22H17N3O4S/c1-14-6-8-15(9-7-14)17-12-30-21-20(17)22(28)25(13-23-21)24-10-16-4-2-3-5-18(16)29-11-19(26)27/h2-10,12-13H,11H2,1H3,(H,26,27). The molecule has 0 bridgehead atoms. The van der Waals surface area contributed by atoms with Crippen molar-refractivity contribution in [2.24, 2.45) is 5.10 Å². The van der Waals surface area contributed by atoms with E-state index in [1.165, 1.54) is 28.6 Å². The molecular weight excluding hydrogens is 402 g/mol. The van der Waals surface area contributed by atoms with Crippen molar-refractivity contribution >= 4 is 33.7 Å². The Bertz CT molecular complexity index is 1310. The summed E-state index contributed by atoms with van der Waals surface area (Å²) in [5.41, 5.74) is 3.18. The van der Waals surface area contributed by atoms with Crippen molar-refractivity contribution in [2.45, 2.75) is 6.92 Å². The van der Waals surface area contributed by atoms with E-state index in [0.717, 1.165) is 16.7 Å². The van der Waals surface area contributed by atoms with Crippen LogP contribution in [-0.4, -0.2) is 33.6 Å². The Hall–Kier alpha value is -3.78. The molecule has 0 saturated carbocycles. The number of carboxylic acid groups (broad SMARTS) is 1. The summed E-state index contributed by atoms with van der Waals surface area (Å²) < 4.78 is 6.44. The lowest BCUT2D eigenvalue weighted by atomic mass is 10.1. The van der Waals surface area contributed by atoms with Crippen LogP contribution in [-0.2, 0) is 4.79 Å². The number of rotatable bonds is 6. The van der Waals surface area contributed by atoms with Gasteiger partial charge in [-0.15, -0.1) is 11.3 Å². The normalized spacial score (nSPS) is 11.2. The van der Waals surface area contributed by atoms with E-state index in [2.05, 4.69) is 10.1 Å². The van der Waals surface area contributed by atoms with Crippen molar-refractivity contribution in [3.63, 3.8) is 0 Å². The van der Waals surface area contributed by atoms with E-state index in [9.17, 15) is 9.59 Å². The van der Waals surface area contributed by atoms with Gasteiger partial charge in [-0.3, -0.25) is 4.79 Å². The number of para-hydroxylation sites is 1. The molecule has 30 heavy (non-hydrogen) atoms. The maximum absolute atomic E-state index is 13.1. The molecule has 0 radical (unpaired) electrons. The molecular formula is C22H17N3O4S. The molecule has 2 aromatic carbocycles. The second-order valence-corrected chi connectivity index (χ2v) is 7.41. The van der Waals surface area contributed by atoms with Gasteiger partial charge in [-0.2, -0.15) is 9.78 Å². The van der Waals surface area contributed by atoms with Crippen LogP contribution in [0.2, 0.25) is 0 Å². The lowest BCUT2D eigenvalue weighted by molar-refractivity contribution is -0.139. The Morgan fingerprint density at radius 1 is 1.23 bits per heavy atom. The molecule has 4 rings (SSSR count). The van der Waals surface area contributed by atoms with Crippen LogP contribution in [0.1, 0.15) is 11.1 Å². The van der Waals surface area contributed by atoms with E-state index < -0.39 is 12.6 Å². The highest BCUT2D eigenvalue weighted by Gasteiger charge is 2.13. The zero-order valence-corrected chi connectivity index (χ0v) is 16.8. The number of fused-ring (bicyclic) bond motifs is 1. The minimum absolute atomic E-state index is 0.281. The van der Waals surface area contributed by atoms with Gasteiger partial charge in [0.1, 0.15) is 16.9 Å².